The van der Waals surface area contributed by atoms with Gasteiger partial charge in [-0.15, -0.1) is 0 Å². The summed E-state index contributed by atoms with van der Waals surface area (Å²) in [5, 5.41) is 0. The Labute approximate surface area is 87.3 Å². The lowest BCUT2D eigenvalue weighted by molar-refractivity contribution is 0.335. The fourth-order valence-electron chi connectivity index (χ4n) is 3.09. The summed E-state index contributed by atoms with van der Waals surface area (Å²) in [6.45, 7) is 4.78. The summed E-state index contributed by atoms with van der Waals surface area (Å²) in [4.78, 5) is 0. The second kappa shape index (κ2) is 3.76. The van der Waals surface area contributed by atoms with Crippen molar-refractivity contribution < 1.29 is 0 Å². The third-order valence-electron chi connectivity index (χ3n) is 4.08. The van der Waals surface area contributed by atoms with E-state index in [1.807, 2.05) is 0 Å². The molecule has 0 bridgehead atoms. The van der Waals surface area contributed by atoms with Crippen LogP contribution in [0.2, 0.25) is 0 Å². The highest BCUT2D eigenvalue weighted by molar-refractivity contribution is 5.26. The van der Waals surface area contributed by atoms with Gasteiger partial charge < -0.3 is 0 Å². The van der Waals surface area contributed by atoms with Crippen LogP contribution in [0.5, 0.6) is 0 Å². The molecular weight excluding hydrogens is 168 g/mol. The minimum absolute atomic E-state index is 0.454. The van der Waals surface area contributed by atoms with Gasteiger partial charge in [-0.05, 0) is 29.7 Å². The molecule has 0 nitrogen and oxygen atoms in total. The number of rotatable bonds is 2. The first-order chi connectivity index (χ1) is 6.77. The Bertz CT molecular complexity index is 288. The maximum absolute atomic E-state index is 2.45. The van der Waals surface area contributed by atoms with Gasteiger partial charge in [0.25, 0.3) is 0 Å². The lowest BCUT2D eigenvalue weighted by Gasteiger charge is -2.31. The van der Waals surface area contributed by atoms with Gasteiger partial charge in [-0.1, -0.05) is 57.0 Å². The molecule has 0 heteroatoms. The fraction of sp³-hybridized carbons (Fsp3) is 0.571. The molecule has 0 radical (unpaired) electrons. The van der Waals surface area contributed by atoms with E-state index in [2.05, 4.69) is 44.2 Å². The molecule has 0 spiro atoms. The van der Waals surface area contributed by atoms with E-state index in [0.29, 0.717) is 5.41 Å². The highest BCUT2D eigenvalue weighted by Gasteiger charge is 2.38. The molecule has 0 saturated heterocycles. The molecule has 1 fully saturated rings. The average Bonchev–Trinajstić information content (AvgIpc) is 2.62. The van der Waals surface area contributed by atoms with Crippen LogP contribution in [0.25, 0.3) is 0 Å². The fourth-order valence-corrected chi connectivity index (χ4v) is 3.09. The summed E-state index contributed by atoms with van der Waals surface area (Å²) in [5.74, 6) is 0.893. The number of hydrogen-bond acceptors (Lipinski definition) is 0. The van der Waals surface area contributed by atoms with Crippen molar-refractivity contribution in [2.24, 2.45) is 5.92 Å². The van der Waals surface area contributed by atoms with Crippen LogP contribution in [0, 0.1) is 5.92 Å². The second-order valence-electron chi connectivity index (χ2n) is 4.78. The van der Waals surface area contributed by atoms with Crippen LogP contribution in [-0.4, -0.2) is 0 Å². The van der Waals surface area contributed by atoms with Crippen LogP contribution in [-0.2, 0) is 5.41 Å². The molecule has 0 heterocycles. The maximum Gasteiger partial charge on any atom is -0.00471 e. The van der Waals surface area contributed by atoms with Gasteiger partial charge in [0.15, 0.2) is 0 Å². The Morgan fingerprint density at radius 1 is 1.29 bits per heavy atom. The molecule has 1 aromatic rings. The Morgan fingerprint density at radius 3 is 2.64 bits per heavy atom. The minimum Gasteiger partial charge on any atom is -0.0651 e. The first kappa shape index (κ1) is 9.76. The van der Waals surface area contributed by atoms with Crippen molar-refractivity contribution in [3.8, 4) is 0 Å². The Morgan fingerprint density at radius 2 is 2.00 bits per heavy atom. The molecule has 0 unspecified atom stereocenters. The van der Waals surface area contributed by atoms with Gasteiger partial charge in [0.1, 0.15) is 0 Å². The standard InChI is InChI=1S/C14H20/c1-3-12-10-7-11-14(12,2)13-8-5-4-6-9-13/h4-6,8-9,12H,3,7,10-11H2,1-2H3/t12-,14+/m0/s1. The lowest BCUT2D eigenvalue weighted by atomic mass is 9.73. The molecule has 1 aromatic carbocycles. The van der Waals surface area contributed by atoms with E-state index in [1.165, 1.54) is 25.7 Å². The van der Waals surface area contributed by atoms with Gasteiger partial charge in [0.05, 0.1) is 0 Å². The largest absolute Gasteiger partial charge is 0.0651 e. The Hall–Kier alpha value is -0.780. The van der Waals surface area contributed by atoms with E-state index >= 15 is 0 Å². The van der Waals surface area contributed by atoms with E-state index in [0.717, 1.165) is 5.92 Å². The second-order valence-corrected chi connectivity index (χ2v) is 4.78. The van der Waals surface area contributed by atoms with Crippen LogP contribution in [0.3, 0.4) is 0 Å². The Kier molecular flexibility index (Phi) is 2.62. The smallest absolute Gasteiger partial charge is 0.00471 e. The van der Waals surface area contributed by atoms with Gasteiger partial charge >= 0.3 is 0 Å². The molecule has 14 heavy (non-hydrogen) atoms. The highest BCUT2D eigenvalue weighted by atomic mass is 14.4. The SMILES string of the molecule is CC[C@H]1CCC[C@@]1(C)c1ccccc1. The maximum atomic E-state index is 2.45. The predicted molar refractivity (Wildman–Crippen MR) is 61.4 cm³/mol. The molecule has 76 valence electrons. The topological polar surface area (TPSA) is 0 Å². The molecule has 1 aliphatic carbocycles. The summed E-state index contributed by atoms with van der Waals surface area (Å²) in [6.07, 6.45) is 5.52. The molecule has 0 amide bonds. The molecule has 2 atom stereocenters. The van der Waals surface area contributed by atoms with Gasteiger partial charge in [0, 0.05) is 0 Å². The minimum atomic E-state index is 0.454. The van der Waals surface area contributed by atoms with Crippen molar-refractivity contribution in [2.75, 3.05) is 0 Å². The Balaban J connectivity index is 2.31. The van der Waals surface area contributed by atoms with Crippen molar-refractivity contribution >= 4 is 0 Å². The zero-order chi connectivity index (χ0) is 10.0. The monoisotopic (exact) mass is 188 g/mol. The summed E-state index contributed by atoms with van der Waals surface area (Å²) in [5.41, 5.74) is 2.00. The highest BCUT2D eigenvalue weighted by Crippen LogP contribution is 2.46. The molecule has 0 N–H and O–H groups in total. The van der Waals surface area contributed by atoms with Crippen molar-refractivity contribution in [2.45, 2.75) is 44.9 Å². The van der Waals surface area contributed by atoms with Crippen LogP contribution in [0.15, 0.2) is 30.3 Å². The van der Waals surface area contributed by atoms with Crippen LogP contribution >= 0.6 is 0 Å². The third-order valence-corrected chi connectivity index (χ3v) is 4.08. The molecule has 1 saturated carbocycles. The summed E-state index contributed by atoms with van der Waals surface area (Å²) < 4.78 is 0. The van der Waals surface area contributed by atoms with Crippen molar-refractivity contribution in [3.05, 3.63) is 35.9 Å². The van der Waals surface area contributed by atoms with Gasteiger partial charge in [0.2, 0.25) is 0 Å². The summed E-state index contributed by atoms with van der Waals surface area (Å²) >= 11 is 0. The van der Waals surface area contributed by atoms with E-state index in [4.69, 9.17) is 0 Å². The molecule has 2 rings (SSSR count). The zero-order valence-corrected chi connectivity index (χ0v) is 9.29. The van der Waals surface area contributed by atoms with Crippen molar-refractivity contribution in [1.82, 2.24) is 0 Å². The van der Waals surface area contributed by atoms with E-state index in [-0.39, 0.29) is 0 Å². The van der Waals surface area contributed by atoms with Crippen molar-refractivity contribution in [1.29, 1.82) is 0 Å². The number of benzene rings is 1. The molecule has 1 aliphatic rings. The van der Waals surface area contributed by atoms with Crippen LogP contribution in [0.1, 0.15) is 45.1 Å². The number of hydrogen-bond donors (Lipinski definition) is 0. The van der Waals surface area contributed by atoms with Crippen molar-refractivity contribution in [3.63, 3.8) is 0 Å². The quantitative estimate of drug-likeness (QED) is 0.654. The van der Waals surface area contributed by atoms with E-state index < -0.39 is 0 Å². The van der Waals surface area contributed by atoms with E-state index in [1.54, 1.807) is 5.56 Å². The lowest BCUT2D eigenvalue weighted by Crippen LogP contribution is -2.26. The first-order valence-electron chi connectivity index (χ1n) is 5.83. The predicted octanol–water partition coefficient (Wildman–Crippen LogP) is 4.15. The van der Waals surface area contributed by atoms with Gasteiger partial charge in [-0.2, -0.15) is 0 Å². The zero-order valence-electron chi connectivity index (χ0n) is 9.29. The third kappa shape index (κ3) is 1.47. The van der Waals surface area contributed by atoms with Crippen LogP contribution < -0.4 is 0 Å². The molecular formula is C14H20. The summed E-state index contributed by atoms with van der Waals surface area (Å²) in [7, 11) is 0. The molecule has 0 aromatic heterocycles. The average molecular weight is 188 g/mol. The van der Waals surface area contributed by atoms with Crippen LogP contribution in [0.4, 0.5) is 0 Å². The van der Waals surface area contributed by atoms with E-state index in [9.17, 15) is 0 Å². The first-order valence-corrected chi connectivity index (χ1v) is 5.83. The normalized spacial score (nSPS) is 32.0. The molecule has 0 aliphatic heterocycles. The van der Waals surface area contributed by atoms with Gasteiger partial charge in [-0.3, -0.25) is 0 Å². The van der Waals surface area contributed by atoms with Gasteiger partial charge in [-0.25, -0.2) is 0 Å². The summed E-state index contributed by atoms with van der Waals surface area (Å²) in [6, 6.07) is 11.1.